The maximum Gasteiger partial charge on any atom is 0.410 e. The average Bonchev–Trinajstić information content (AvgIpc) is 2.94. The Kier molecular flexibility index (Phi) is 20.5. The predicted octanol–water partition coefficient (Wildman–Crippen LogP) is 7.68. The molecule has 40 heavy (non-hydrogen) atoms. The molecule has 1 aliphatic rings. The Balaban J connectivity index is 0. The van der Waals surface area contributed by atoms with Crippen molar-refractivity contribution in [3.05, 3.63) is 47.8 Å². The van der Waals surface area contributed by atoms with E-state index in [9.17, 15) is 9.59 Å². The van der Waals surface area contributed by atoms with Gasteiger partial charge in [0, 0.05) is 31.9 Å². The zero-order valence-corrected chi connectivity index (χ0v) is 27.7. The first-order chi connectivity index (χ1) is 18.9. The second-order valence-electron chi connectivity index (χ2n) is 10.1. The first-order valence-corrected chi connectivity index (χ1v) is 14.7. The smallest absolute Gasteiger partial charge is 0.410 e. The SMILES string of the molecule is CC.CC.CC(C)=O.CCc1ccc(-c2ccncc2N2CCCC(N(C)C(=O)OC(C)(C)C)C2)cc1C.CN. The second kappa shape index (κ2) is 20.9. The summed E-state index contributed by atoms with van der Waals surface area (Å²) in [4.78, 5) is 30.5. The van der Waals surface area contributed by atoms with Gasteiger partial charge in [0.1, 0.15) is 11.4 Å². The normalized spacial score (nSPS) is 13.8. The Morgan fingerprint density at radius 1 is 1.10 bits per heavy atom. The van der Waals surface area contributed by atoms with Crippen LogP contribution < -0.4 is 10.6 Å². The van der Waals surface area contributed by atoms with Crippen molar-refractivity contribution in [2.75, 3.05) is 32.1 Å². The Hall–Kier alpha value is -2.93. The molecule has 1 atom stereocenters. The van der Waals surface area contributed by atoms with Gasteiger partial charge in [0.2, 0.25) is 0 Å². The molecule has 2 aromatic rings. The number of carbonyl (C=O) groups excluding carboxylic acids is 2. The minimum atomic E-state index is -0.487. The van der Waals surface area contributed by atoms with Crippen LogP contribution in [-0.4, -0.2) is 60.6 Å². The summed E-state index contributed by atoms with van der Waals surface area (Å²) in [6.45, 7) is 22.9. The fourth-order valence-corrected chi connectivity index (χ4v) is 4.11. The molecule has 0 bridgehead atoms. The summed E-state index contributed by atoms with van der Waals surface area (Å²) in [5, 5.41) is 0. The van der Waals surface area contributed by atoms with Crippen LogP contribution in [0.25, 0.3) is 11.1 Å². The topological polar surface area (TPSA) is 88.8 Å². The van der Waals surface area contributed by atoms with Crippen LogP contribution in [0.5, 0.6) is 0 Å². The largest absolute Gasteiger partial charge is 0.444 e. The van der Waals surface area contributed by atoms with Gasteiger partial charge in [0.15, 0.2) is 0 Å². The summed E-state index contributed by atoms with van der Waals surface area (Å²) in [5.74, 6) is 0.167. The van der Waals surface area contributed by atoms with E-state index in [2.05, 4.69) is 53.7 Å². The first kappa shape index (κ1) is 39.2. The van der Waals surface area contributed by atoms with Gasteiger partial charge in [-0.1, -0.05) is 52.8 Å². The van der Waals surface area contributed by atoms with Crippen LogP contribution in [0, 0.1) is 6.92 Å². The van der Waals surface area contributed by atoms with Gasteiger partial charge >= 0.3 is 6.09 Å². The lowest BCUT2D eigenvalue weighted by Gasteiger charge is -2.39. The van der Waals surface area contributed by atoms with Crippen LogP contribution in [-0.2, 0) is 16.0 Å². The number of benzene rings is 1. The molecule has 1 aromatic heterocycles. The van der Waals surface area contributed by atoms with Crippen molar-refractivity contribution in [2.24, 2.45) is 5.73 Å². The van der Waals surface area contributed by atoms with Gasteiger partial charge < -0.3 is 25.1 Å². The Morgan fingerprint density at radius 3 is 2.17 bits per heavy atom. The second-order valence-corrected chi connectivity index (χ2v) is 10.1. The number of hydrogen-bond donors (Lipinski definition) is 1. The Labute approximate surface area is 245 Å². The van der Waals surface area contributed by atoms with Gasteiger partial charge in [0.05, 0.1) is 17.9 Å². The number of anilines is 1. The molecule has 7 heteroatoms. The molecule has 1 aliphatic heterocycles. The fraction of sp³-hybridized carbons (Fsp3) is 0.606. The van der Waals surface area contributed by atoms with Crippen LogP contribution in [0.4, 0.5) is 10.5 Å². The van der Waals surface area contributed by atoms with Gasteiger partial charge in [-0.15, -0.1) is 0 Å². The molecule has 0 saturated carbocycles. The molecule has 2 heterocycles. The third-order valence-electron chi connectivity index (χ3n) is 5.80. The minimum Gasteiger partial charge on any atom is -0.444 e. The van der Waals surface area contributed by atoms with E-state index < -0.39 is 5.60 Å². The van der Waals surface area contributed by atoms with Crippen molar-refractivity contribution >= 4 is 17.6 Å². The molecule has 0 aliphatic carbocycles. The summed E-state index contributed by atoms with van der Waals surface area (Å²) < 4.78 is 5.58. The number of likely N-dealkylation sites (N-methyl/N-ethyl adjacent to an activating group) is 1. The third-order valence-corrected chi connectivity index (χ3v) is 5.80. The third kappa shape index (κ3) is 13.9. The summed E-state index contributed by atoms with van der Waals surface area (Å²) in [6, 6.07) is 8.91. The fourth-order valence-electron chi connectivity index (χ4n) is 4.11. The molecular formula is C33H58N4O3. The van der Waals surface area contributed by atoms with Crippen LogP contribution >= 0.6 is 0 Å². The highest BCUT2D eigenvalue weighted by Gasteiger charge is 2.30. The van der Waals surface area contributed by atoms with E-state index in [0.717, 1.165) is 38.0 Å². The van der Waals surface area contributed by atoms with E-state index in [4.69, 9.17) is 4.74 Å². The standard InChI is InChI=1S/C25H35N3O2.C3H6O.2C2H6.CH5N/c1-7-19-10-11-20(15-18(19)2)22-12-13-26-16-23(22)28-14-8-9-21(17-28)27(6)24(29)30-25(3,4)5;1-3(2)4;3*1-2/h10-13,15-16,21H,7-9,14,17H2,1-6H3;1-2H3;2*1-2H3;2H2,1H3. The predicted molar refractivity (Wildman–Crippen MR) is 172 cm³/mol. The van der Waals surface area contributed by atoms with Gasteiger partial charge in [0.25, 0.3) is 0 Å². The van der Waals surface area contributed by atoms with E-state index in [-0.39, 0.29) is 17.9 Å². The lowest BCUT2D eigenvalue weighted by atomic mass is 9.97. The molecule has 1 saturated heterocycles. The van der Waals surface area contributed by atoms with E-state index in [1.54, 1.807) is 4.90 Å². The maximum absolute atomic E-state index is 12.6. The van der Waals surface area contributed by atoms with Crippen molar-refractivity contribution < 1.29 is 14.3 Å². The molecule has 0 spiro atoms. The molecule has 1 amide bonds. The lowest BCUT2D eigenvalue weighted by molar-refractivity contribution is -0.115. The maximum atomic E-state index is 12.6. The lowest BCUT2D eigenvalue weighted by Crippen LogP contribution is -2.50. The highest BCUT2D eigenvalue weighted by molar-refractivity contribution is 5.78. The summed E-state index contributed by atoms with van der Waals surface area (Å²) in [7, 11) is 3.35. The highest BCUT2D eigenvalue weighted by atomic mass is 16.6. The number of amides is 1. The number of hydrogen-bond acceptors (Lipinski definition) is 6. The molecule has 228 valence electrons. The molecule has 7 nitrogen and oxygen atoms in total. The van der Waals surface area contributed by atoms with Crippen LogP contribution in [0.15, 0.2) is 36.7 Å². The van der Waals surface area contributed by atoms with Crippen molar-refractivity contribution in [3.63, 3.8) is 0 Å². The Morgan fingerprint density at radius 2 is 1.68 bits per heavy atom. The summed E-state index contributed by atoms with van der Waals surface area (Å²) in [6.07, 6.45) is 6.60. The van der Waals surface area contributed by atoms with Crippen LogP contribution in [0.1, 0.15) is 93.2 Å². The van der Waals surface area contributed by atoms with Gasteiger partial charge in [-0.3, -0.25) is 4.98 Å². The van der Waals surface area contributed by atoms with Crippen LogP contribution in [0.3, 0.4) is 0 Å². The number of aromatic nitrogens is 1. The van der Waals surface area contributed by atoms with E-state index in [1.807, 2.05) is 67.9 Å². The average molecular weight is 559 g/mol. The van der Waals surface area contributed by atoms with E-state index in [1.165, 1.54) is 43.1 Å². The number of carbonyl (C=O) groups is 2. The van der Waals surface area contributed by atoms with Crippen molar-refractivity contribution in [3.8, 4) is 11.1 Å². The molecule has 2 N–H and O–H groups in total. The number of rotatable bonds is 4. The van der Waals surface area contributed by atoms with E-state index >= 15 is 0 Å². The number of ketones is 1. The first-order valence-electron chi connectivity index (χ1n) is 14.7. The number of ether oxygens (including phenoxy) is 1. The quantitative estimate of drug-likeness (QED) is 0.414. The molecule has 1 fully saturated rings. The minimum absolute atomic E-state index is 0.117. The van der Waals surface area contributed by atoms with Gasteiger partial charge in [-0.05, 0) is 90.6 Å². The zero-order chi connectivity index (χ0) is 31.5. The highest BCUT2D eigenvalue weighted by Crippen LogP contribution is 2.33. The van der Waals surface area contributed by atoms with Crippen molar-refractivity contribution in [2.45, 2.75) is 107 Å². The summed E-state index contributed by atoms with van der Waals surface area (Å²) in [5.41, 5.74) is 10.2. The van der Waals surface area contributed by atoms with E-state index in [0.29, 0.717) is 0 Å². The number of Topliss-reactive ketones (excluding diaryl/α,β-unsaturated/α-hetero) is 1. The Bertz CT molecular complexity index is 982. The van der Waals surface area contributed by atoms with Crippen molar-refractivity contribution in [1.29, 1.82) is 0 Å². The zero-order valence-electron chi connectivity index (χ0n) is 27.7. The monoisotopic (exact) mass is 558 g/mol. The number of aryl methyl sites for hydroxylation is 2. The molecule has 1 aromatic carbocycles. The molecule has 1 unspecified atom stereocenters. The van der Waals surface area contributed by atoms with Crippen LogP contribution in [0.2, 0.25) is 0 Å². The number of nitrogens with two attached hydrogens (primary N) is 1. The number of piperidine rings is 1. The molecule has 0 radical (unpaired) electrons. The number of pyridine rings is 1. The number of nitrogens with zero attached hydrogens (tertiary/aromatic N) is 3. The van der Waals surface area contributed by atoms with Gasteiger partial charge in [-0.2, -0.15) is 0 Å². The molecule has 3 rings (SSSR count). The van der Waals surface area contributed by atoms with Gasteiger partial charge in [-0.25, -0.2) is 4.79 Å². The summed E-state index contributed by atoms with van der Waals surface area (Å²) >= 11 is 0. The van der Waals surface area contributed by atoms with Crippen molar-refractivity contribution in [1.82, 2.24) is 9.88 Å². The molecular weight excluding hydrogens is 500 g/mol.